The van der Waals surface area contributed by atoms with E-state index in [1.54, 1.807) is 0 Å². The molecule has 3 unspecified atom stereocenters. The molecule has 19 heavy (non-hydrogen) atoms. The van der Waals surface area contributed by atoms with Gasteiger partial charge in [-0.05, 0) is 38.6 Å². The average molecular weight is 284 g/mol. The first-order chi connectivity index (χ1) is 8.90. The standard InChI is InChI=1S/C13H20N2O3S/c14-9-12(4-7-19(17,18)10-12)13(16)3-6-15-5-1-2-11(15)8-13/h11,16H,1-8,10H2. The summed E-state index contributed by atoms with van der Waals surface area (Å²) < 4.78 is 23.5. The Morgan fingerprint density at radius 3 is 2.74 bits per heavy atom. The van der Waals surface area contributed by atoms with Crippen LogP contribution in [0, 0.1) is 16.7 Å². The zero-order valence-corrected chi connectivity index (χ0v) is 11.8. The summed E-state index contributed by atoms with van der Waals surface area (Å²) in [5, 5.41) is 20.5. The van der Waals surface area contributed by atoms with E-state index in [2.05, 4.69) is 11.0 Å². The summed E-state index contributed by atoms with van der Waals surface area (Å²) in [4.78, 5) is 2.36. The van der Waals surface area contributed by atoms with Crippen molar-refractivity contribution in [3.05, 3.63) is 0 Å². The second-order valence-electron chi connectivity index (χ2n) is 6.35. The van der Waals surface area contributed by atoms with Gasteiger partial charge in [0.15, 0.2) is 9.84 Å². The van der Waals surface area contributed by atoms with Gasteiger partial charge in [-0.15, -0.1) is 0 Å². The molecule has 3 heterocycles. The summed E-state index contributed by atoms with van der Waals surface area (Å²) >= 11 is 0. The molecule has 3 rings (SSSR count). The Labute approximate surface area is 114 Å². The highest BCUT2D eigenvalue weighted by Gasteiger charge is 2.59. The van der Waals surface area contributed by atoms with Gasteiger partial charge in [0.2, 0.25) is 0 Å². The van der Waals surface area contributed by atoms with Crippen LogP contribution in [-0.2, 0) is 9.84 Å². The molecule has 0 aliphatic carbocycles. The fraction of sp³-hybridized carbons (Fsp3) is 0.923. The van der Waals surface area contributed by atoms with Crippen LogP contribution in [0.3, 0.4) is 0 Å². The third kappa shape index (κ3) is 1.99. The van der Waals surface area contributed by atoms with Crippen molar-refractivity contribution in [2.45, 2.75) is 43.7 Å². The van der Waals surface area contributed by atoms with Crippen LogP contribution in [0.1, 0.15) is 32.1 Å². The maximum absolute atomic E-state index is 11.7. The molecule has 0 aromatic carbocycles. The van der Waals surface area contributed by atoms with Gasteiger partial charge in [0.05, 0.1) is 23.2 Å². The Morgan fingerprint density at radius 1 is 1.32 bits per heavy atom. The second kappa shape index (κ2) is 4.18. The molecule has 0 aromatic rings. The van der Waals surface area contributed by atoms with E-state index in [9.17, 15) is 18.8 Å². The Bertz CT molecular complexity index is 526. The molecule has 106 valence electrons. The number of piperidine rings is 1. The second-order valence-corrected chi connectivity index (χ2v) is 8.54. The van der Waals surface area contributed by atoms with Gasteiger partial charge in [-0.25, -0.2) is 8.42 Å². The van der Waals surface area contributed by atoms with Crippen LogP contribution in [0.4, 0.5) is 0 Å². The van der Waals surface area contributed by atoms with Gasteiger partial charge in [-0.1, -0.05) is 0 Å². The molecule has 3 atom stereocenters. The summed E-state index contributed by atoms with van der Waals surface area (Å²) in [6.07, 6.45) is 3.55. The monoisotopic (exact) mass is 284 g/mol. The number of hydrogen-bond donors (Lipinski definition) is 1. The first-order valence-corrected chi connectivity index (χ1v) is 8.80. The lowest BCUT2D eigenvalue weighted by molar-refractivity contribution is -0.0984. The van der Waals surface area contributed by atoms with Crippen LogP contribution in [-0.4, -0.2) is 54.7 Å². The number of nitriles is 1. The van der Waals surface area contributed by atoms with Crippen molar-refractivity contribution in [2.75, 3.05) is 24.6 Å². The number of aliphatic hydroxyl groups is 1. The SMILES string of the molecule is N#CC1(C2(O)CCN3CCCC3C2)CCS(=O)(=O)C1. The Balaban J connectivity index is 1.89. The molecular weight excluding hydrogens is 264 g/mol. The lowest BCUT2D eigenvalue weighted by Crippen LogP contribution is -2.57. The van der Waals surface area contributed by atoms with Crippen molar-refractivity contribution in [2.24, 2.45) is 5.41 Å². The summed E-state index contributed by atoms with van der Waals surface area (Å²) in [7, 11) is -3.17. The average Bonchev–Trinajstić information content (AvgIpc) is 2.93. The minimum Gasteiger partial charge on any atom is -0.388 e. The third-order valence-electron chi connectivity index (χ3n) is 5.30. The maximum atomic E-state index is 11.7. The fourth-order valence-corrected chi connectivity index (χ4v) is 6.12. The topological polar surface area (TPSA) is 81.4 Å². The highest BCUT2D eigenvalue weighted by atomic mass is 32.2. The summed E-state index contributed by atoms with van der Waals surface area (Å²) in [6.45, 7) is 1.85. The van der Waals surface area contributed by atoms with E-state index in [1.807, 2.05) is 0 Å². The van der Waals surface area contributed by atoms with Gasteiger partial charge in [-0.2, -0.15) is 5.26 Å². The molecule has 3 aliphatic heterocycles. The molecule has 5 nitrogen and oxygen atoms in total. The zero-order chi connectivity index (χ0) is 13.7. The summed E-state index contributed by atoms with van der Waals surface area (Å²) in [5.74, 6) is -0.128. The largest absolute Gasteiger partial charge is 0.388 e. The third-order valence-corrected chi connectivity index (χ3v) is 7.05. The van der Waals surface area contributed by atoms with Crippen molar-refractivity contribution in [1.82, 2.24) is 4.90 Å². The fourth-order valence-electron chi connectivity index (χ4n) is 4.08. The van der Waals surface area contributed by atoms with E-state index in [4.69, 9.17) is 0 Å². The van der Waals surface area contributed by atoms with Gasteiger partial charge < -0.3 is 10.0 Å². The Hall–Kier alpha value is -0.640. The molecule has 0 saturated carbocycles. The number of nitrogens with zero attached hydrogens (tertiary/aromatic N) is 2. The highest BCUT2D eigenvalue weighted by molar-refractivity contribution is 7.91. The van der Waals surface area contributed by atoms with E-state index in [1.165, 1.54) is 0 Å². The molecule has 6 heteroatoms. The van der Waals surface area contributed by atoms with Gasteiger partial charge >= 0.3 is 0 Å². The summed E-state index contributed by atoms with van der Waals surface area (Å²) in [5.41, 5.74) is -2.21. The minimum absolute atomic E-state index is 0.0389. The van der Waals surface area contributed by atoms with E-state index in [-0.39, 0.29) is 17.9 Å². The van der Waals surface area contributed by atoms with Gasteiger partial charge in [0.1, 0.15) is 5.41 Å². The molecule has 0 radical (unpaired) electrons. The van der Waals surface area contributed by atoms with Crippen LogP contribution in [0.5, 0.6) is 0 Å². The van der Waals surface area contributed by atoms with Crippen LogP contribution in [0.25, 0.3) is 0 Å². The molecule has 0 amide bonds. The molecule has 3 saturated heterocycles. The number of hydrogen-bond acceptors (Lipinski definition) is 5. The van der Waals surface area contributed by atoms with Crippen LogP contribution < -0.4 is 0 Å². The predicted octanol–water partition coefficient (Wildman–Crippen LogP) is 0.304. The van der Waals surface area contributed by atoms with E-state index >= 15 is 0 Å². The zero-order valence-electron chi connectivity index (χ0n) is 11.0. The van der Waals surface area contributed by atoms with E-state index in [0.29, 0.717) is 18.9 Å². The van der Waals surface area contributed by atoms with Gasteiger partial charge in [-0.3, -0.25) is 0 Å². The van der Waals surface area contributed by atoms with Crippen molar-refractivity contribution in [1.29, 1.82) is 5.26 Å². The Kier molecular flexibility index (Phi) is 2.93. The van der Waals surface area contributed by atoms with Gasteiger partial charge in [0.25, 0.3) is 0 Å². The molecule has 0 bridgehead atoms. The lowest BCUT2D eigenvalue weighted by Gasteiger charge is -2.47. The number of rotatable bonds is 1. The highest BCUT2D eigenvalue weighted by Crippen LogP contribution is 2.49. The number of sulfone groups is 1. The van der Waals surface area contributed by atoms with Crippen LogP contribution >= 0.6 is 0 Å². The summed E-state index contributed by atoms with van der Waals surface area (Å²) in [6, 6.07) is 2.50. The van der Waals surface area contributed by atoms with Crippen molar-refractivity contribution in [3.63, 3.8) is 0 Å². The van der Waals surface area contributed by atoms with E-state index < -0.39 is 20.9 Å². The minimum atomic E-state index is -3.17. The van der Waals surface area contributed by atoms with Gasteiger partial charge in [0, 0.05) is 12.6 Å². The molecular formula is C13H20N2O3S. The smallest absolute Gasteiger partial charge is 0.152 e. The normalized spacial score (nSPS) is 45.8. The Morgan fingerprint density at radius 2 is 2.11 bits per heavy atom. The van der Waals surface area contributed by atoms with E-state index in [0.717, 1.165) is 25.9 Å². The molecule has 0 spiro atoms. The van der Waals surface area contributed by atoms with Crippen LogP contribution in [0.15, 0.2) is 0 Å². The first-order valence-electron chi connectivity index (χ1n) is 6.98. The molecule has 1 N–H and O–H groups in total. The predicted molar refractivity (Wildman–Crippen MR) is 70.1 cm³/mol. The van der Waals surface area contributed by atoms with Crippen molar-refractivity contribution >= 4 is 9.84 Å². The maximum Gasteiger partial charge on any atom is 0.152 e. The molecule has 3 aliphatic rings. The molecule has 0 aromatic heterocycles. The van der Waals surface area contributed by atoms with Crippen LogP contribution in [0.2, 0.25) is 0 Å². The van der Waals surface area contributed by atoms with Crippen molar-refractivity contribution in [3.8, 4) is 6.07 Å². The first kappa shape index (κ1) is 13.3. The van der Waals surface area contributed by atoms with Crippen molar-refractivity contribution < 1.29 is 13.5 Å². The molecule has 3 fully saturated rings. The lowest BCUT2D eigenvalue weighted by atomic mass is 9.66. The number of fused-ring (bicyclic) bond motifs is 1. The quantitative estimate of drug-likeness (QED) is 0.749.